The highest BCUT2D eigenvalue weighted by molar-refractivity contribution is 7.89. The third-order valence-electron chi connectivity index (χ3n) is 4.71. The number of hydrogen-bond acceptors (Lipinski definition) is 4. The second-order valence-electron chi connectivity index (χ2n) is 6.24. The number of aryl methyl sites for hydroxylation is 2. The van der Waals surface area contributed by atoms with Gasteiger partial charge >= 0.3 is 0 Å². The van der Waals surface area contributed by atoms with Crippen LogP contribution in [0.3, 0.4) is 0 Å². The number of allylic oxidation sites excluding steroid dienone is 1. The van der Waals surface area contributed by atoms with Gasteiger partial charge in [-0.2, -0.15) is 9.40 Å². The monoisotopic (exact) mass is 338 g/mol. The summed E-state index contributed by atoms with van der Waals surface area (Å²) >= 11 is 0. The normalized spacial score (nSPS) is 25.7. The predicted octanol–water partition coefficient (Wildman–Crippen LogP) is 1.02. The molecule has 2 aliphatic rings. The van der Waals surface area contributed by atoms with Crippen molar-refractivity contribution in [3.63, 3.8) is 0 Å². The van der Waals surface area contributed by atoms with Crippen LogP contribution in [-0.2, 0) is 21.4 Å². The van der Waals surface area contributed by atoms with E-state index in [4.69, 9.17) is 0 Å². The Kier molecular flexibility index (Phi) is 4.05. The summed E-state index contributed by atoms with van der Waals surface area (Å²) in [4.78, 5) is 12.5. The topological polar surface area (TPSA) is 84.3 Å². The predicted molar refractivity (Wildman–Crippen MR) is 85.0 cm³/mol. The number of piperidine rings is 1. The molecule has 0 radical (unpaired) electrons. The third kappa shape index (κ3) is 2.70. The lowest BCUT2D eigenvalue weighted by molar-refractivity contribution is -0.132. The van der Waals surface area contributed by atoms with Gasteiger partial charge < -0.3 is 5.32 Å². The number of nitrogens with one attached hydrogen (secondary N) is 1. The van der Waals surface area contributed by atoms with E-state index in [9.17, 15) is 13.2 Å². The van der Waals surface area contributed by atoms with E-state index in [1.165, 1.54) is 4.31 Å². The van der Waals surface area contributed by atoms with Crippen LogP contribution in [0.15, 0.2) is 23.4 Å². The summed E-state index contributed by atoms with van der Waals surface area (Å²) in [5.74, 6) is -0.0825. The largest absolute Gasteiger partial charge is 0.332 e. The molecule has 0 bridgehead atoms. The minimum Gasteiger partial charge on any atom is -0.332 e. The van der Waals surface area contributed by atoms with E-state index in [0.717, 1.165) is 0 Å². The van der Waals surface area contributed by atoms with Gasteiger partial charge in [-0.1, -0.05) is 6.08 Å². The minimum absolute atomic E-state index is 0.0825. The van der Waals surface area contributed by atoms with Gasteiger partial charge in [-0.15, -0.1) is 0 Å². The van der Waals surface area contributed by atoms with Gasteiger partial charge in [0.1, 0.15) is 4.90 Å². The van der Waals surface area contributed by atoms with E-state index < -0.39 is 15.4 Å². The first-order chi connectivity index (χ1) is 10.9. The highest BCUT2D eigenvalue weighted by atomic mass is 32.2. The number of amides is 1. The van der Waals surface area contributed by atoms with Gasteiger partial charge in [0.2, 0.25) is 15.9 Å². The van der Waals surface area contributed by atoms with Crippen LogP contribution in [0.2, 0.25) is 0 Å². The maximum absolute atomic E-state index is 13.0. The molecule has 1 aromatic heterocycles. The second kappa shape index (κ2) is 5.76. The molecule has 0 saturated carbocycles. The number of nitrogens with zero attached hydrogens (tertiary/aromatic N) is 3. The van der Waals surface area contributed by atoms with E-state index in [-0.39, 0.29) is 17.3 Å². The van der Waals surface area contributed by atoms with Crippen molar-refractivity contribution in [1.29, 1.82) is 0 Å². The average molecular weight is 338 g/mol. The molecule has 7 nitrogen and oxygen atoms in total. The van der Waals surface area contributed by atoms with Crippen LogP contribution in [0.5, 0.6) is 0 Å². The zero-order chi connectivity index (χ0) is 16.7. The fourth-order valence-corrected chi connectivity index (χ4v) is 5.10. The Hall–Kier alpha value is -1.67. The van der Waals surface area contributed by atoms with Gasteiger partial charge in [0.15, 0.2) is 0 Å². The van der Waals surface area contributed by atoms with Gasteiger partial charge in [0, 0.05) is 25.8 Å². The van der Waals surface area contributed by atoms with Gasteiger partial charge in [-0.3, -0.25) is 9.48 Å². The van der Waals surface area contributed by atoms with Crippen LogP contribution in [0, 0.1) is 12.3 Å². The van der Waals surface area contributed by atoms with Crippen molar-refractivity contribution < 1.29 is 13.2 Å². The molecule has 126 valence electrons. The first-order valence-corrected chi connectivity index (χ1v) is 9.33. The number of hydrogen-bond donors (Lipinski definition) is 1. The summed E-state index contributed by atoms with van der Waals surface area (Å²) in [5, 5.41) is 6.95. The molecule has 1 fully saturated rings. The molecule has 0 unspecified atom stereocenters. The molecular formula is C15H22N4O3S. The first kappa shape index (κ1) is 16.2. The van der Waals surface area contributed by atoms with Crippen LogP contribution in [0.25, 0.3) is 0 Å². The van der Waals surface area contributed by atoms with Crippen molar-refractivity contribution in [1.82, 2.24) is 19.4 Å². The summed E-state index contributed by atoms with van der Waals surface area (Å²) in [6.07, 6.45) is 7.09. The van der Waals surface area contributed by atoms with Crippen LogP contribution in [-0.4, -0.2) is 41.5 Å². The first-order valence-electron chi connectivity index (χ1n) is 7.89. The Labute approximate surface area is 136 Å². The Morgan fingerprint density at radius 3 is 2.87 bits per heavy atom. The fraction of sp³-hybridized carbons (Fsp3) is 0.600. The zero-order valence-electron chi connectivity index (χ0n) is 13.4. The van der Waals surface area contributed by atoms with Crippen LogP contribution >= 0.6 is 0 Å². The van der Waals surface area contributed by atoms with E-state index in [0.29, 0.717) is 38.0 Å². The molecule has 8 heteroatoms. The number of carbonyl (C=O) groups is 1. The molecule has 1 amide bonds. The second-order valence-corrected chi connectivity index (χ2v) is 8.14. The quantitative estimate of drug-likeness (QED) is 0.892. The van der Waals surface area contributed by atoms with Crippen LogP contribution in [0.4, 0.5) is 0 Å². The lowest BCUT2D eigenvalue weighted by Gasteiger charge is -2.41. The molecule has 2 aliphatic heterocycles. The fourth-order valence-electron chi connectivity index (χ4n) is 3.37. The summed E-state index contributed by atoms with van der Waals surface area (Å²) in [7, 11) is -3.63. The van der Waals surface area contributed by atoms with Crippen LogP contribution in [0.1, 0.15) is 31.9 Å². The lowest BCUT2D eigenvalue weighted by atomic mass is 9.76. The summed E-state index contributed by atoms with van der Waals surface area (Å²) in [6.45, 7) is 4.90. The molecule has 1 atom stereocenters. The van der Waals surface area contributed by atoms with Crippen molar-refractivity contribution in [3.05, 3.63) is 24.2 Å². The van der Waals surface area contributed by atoms with Crippen molar-refractivity contribution in [2.24, 2.45) is 5.41 Å². The van der Waals surface area contributed by atoms with Gasteiger partial charge in [0.05, 0.1) is 11.1 Å². The summed E-state index contributed by atoms with van der Waals surface area (Å²) in [6, 6.07) is 0. The number of sulfonamides is 1. The SMILES string of the molecule is CCn1cc(S(=O)(=O)N2CCC[C@@]3(CC=CNC3=O)C2)c(C)n1. The molecule has 3 heterocycles. The van der Waals surface area contributed by atoms with Gasteiger partial charge in [-0.05, 0) is 39.3 Å². The minimum atomic E-state index is -3.63. The van der Waals surface area contributed by atoms with E-state index in [1.54, 1.807) is 24.0 Å². The summed E-state index contributed by atoms with van der Waals surface area (Å²) < 4.78 is 29.1. The lowest BCUT2D eigenvalue weighted by Crippen LogP contribution is -2.53. The average Bonchev–Trinajstić information content (AvgIpc) is 2.92. The van der Waals surface area contributed by atoms with Crippen LogP contribution < -0.4 is 5.32 Å². The van der Waals surface area contributed by atoms with Crippen molar-refractivity contribution >= 4 is 15.9 Å². The molecular weight excluding hydrogens is 316 g/mol. The highest BCUT2D eigenvalue weighted by Crippen LogP contribution is 2.38. The number of rotatable bonds is 3. The van der Waals surface area contributed by atoms with Crippen molar-refractivity contribution in [2.45, 2.75) is 44.6 Å². The number of aromatic nitrogens is 2. The van der Waals surface area contributed by atoms with E-state index in [1.807, 2.05) is 13.0 Å². The third-order valence-corrected chi connectivity index (χ3v) is 6.66. The van der Waals surface area contributed by atoms with Crippen molar-refractivity contribution in [3.8, 4) is 0 Å². The smallest absolute Gasteiger partial charge is 0.246 e. The van der Waals surface area contributed by atoms with Crippen molar-refractivity contribution in [2.75, 3.05) is 13.1 Å². The van der Waals surface area contributed by atoms with E-state index >= 15 is 0 Å². The molecule has 3 rings (SSSR count). The Morgan fingerprint density at radius 2 is 2.22 bits per heavy atom. The molecule has 23 heavy (non-hydrogen) atoms. The molecule has 1 N–H and O–H groups in total. The maximum atomic E-state index is 13.0. The Balaban J connectivity index is 1.92. The summed E-state index contributed by atoms with van der Waals surface area (Å²) in [5.41, 5.74) is -0.145. The number of carbonyl (C=O) groups excluding carboxylic acids is 1. The zero-order valence-corrected chi connectivity index (χ0v) is 14.3. The van der Waals surface area contributed by atoms with E-state index in [2.05, 4.69) is 10.4 Å². The van der Waals surface area contributed by atoms with Gasteiger partial charge in [0.25, 0.3) is 0 Å². The maximum Gasteiger partial charge on any atom is 0.246 e. The molecule has 0 aliphatic carbocycles. The highest BCUT2D eigenvalue weighted by Gasteiger charge is 2.45. The Bertz CT molecular complexity index is 753. The Morgan fingerprint density at radius 1 is 1.43 bits per heavy atom. The molecule has 0 aromatic carbocycles. The molecule has 1 spiro atoms. The molecule has 1 aromatic rings. The van der Waals surface area contributed by atoms with Gasteiger partial charge in [-0.25, -0.2) is 8.42 Å². The molecule has 1 saturated heterocycles. The standard InChI is InChI=1S/C15H22N4O3S/c1-3-18-10-13(12(2)17-18)23(21,22)19-9-5-7-15(11-19)6-4-8-16-14(15)20/h4,8,10H,3,5-7,9,11H2,1-2H3,(H,16,20)/t15-/m0/s1.